The molecule has 0 radical (unpaired) electrons. The first kappa shape index (κ1) is 15.1. The highest BCUT2D eigenvalue weighted by Gasteiger charge is 2.09. The third-order valence-electron chi connectivity index (χ3n) is 2.97. The van der Waals surface area contributed by atoms with Crippen molar-refractivity contribution >= 4 is 11.3 Å². The number of rotatable bonds is 8. The predicted octanol–water partition coefficient (Wildman–Crippen LogP) is 2.37. The van der Waals surface area contributed by atoms with Gasteiger partial charge in [0.15, 0.2) is 0 Å². The monoisotopic (exact) mass is 292 g/mol. The molecular weight excluding hydrogens is 272 g/mol. The predicted molar refractivity (Wildman–Crippen MR) is 80.6 cm³/mol. The first-order valence-electron chi connectivity index (χ1n) is 6.68. The second-order valence-electron chi connectivity index (χ2n) is 4.64. The van der Waals surface area contributed by atoms with E-state index < -0.39 is 6.10 Å². The van der Waals surface area contributed by atoms with Gasteiger partial charge in [0.1, 0.15) is 0 Å². The van der Waals surface area contributed by atoms with Gasteiger partial charge in [-0.2, -0.15) is 0 Å². The minimum absolute atomic E-state index is 0.00709. The van der Waals surface area contributed by atoms with Gasteiger partial charge in [-0.05, 0) is 12.5 Å². The maximum Gasteiger partial charge on any atom is 0.0898 e. The third-order valence-corrected chi connectivity index (χ3v) is 3.75. The summed E-state index contributed by atoms with van der Waals surface area (Å²) in [5.74, 6) is 0. The second kappa shape index (κ2) is 8.11. The lowest BCUT2D eigenvalue weighted by Gasteiger charge is -2.17. The number of aromatic nitrogens is 1. The normalized spacial score (nSPS) is 14.1. The topological polar surface area (TPSA) is 54.4 Å². The van der Waals surface area contributed by atoms with E-state index in [0.717, 1.165) is 17.0 Å². The van der Waals surface area contributed by atoms with Gasteiger partial charge in [0.2, 0.25) is 0 Å². The molecule has 2 aromatic rings. The maximum absolute atomic E-state index is 9.87. The zero-order valence-corrected chi connectivity index (χ0v) is 12.3. The van der Waals surface area contributed by atoms with Crippen molar-refractivity contribution < 1.29 is 9.84 Å². The Morgan fingerprint density at radius 1 is 1.35 bits per heavy atom. The fraction of sp³-hybridized carbons (Fsp3) is 0.400. The fourth-order valence-electron chi connectivity index (χ4n) is 1.83. The molecule has 1 aromatic heterocycles. The van der Waals surface area contributed by atoms with Gasteiger partial charge in [0.05, 0.1) is 24.3 Å². The van der Waals surface area contributed by atoms with Gasteiger partial charge in [-0.25, -0.2) is 0 Å². The molecule has 0 saturated carbocycles. The summed E-state index contributed by atoms with van der Waals surface area (Å²) in [6.45, 7) is 3.56. The number of thiazole rings is 1. The van der Waals surface area contributed by atoms with Crippen LogP contribution >= 0.6 is 11.3 Å². The average Bonchev–Trinajstić information content (AvgIpc) is 2.99. The van der Waals surface area contributed by atoms with Crippen LogP contribution in [0, 0.1) is 0 Å². The molecule has 0 saturated heterocycles. The van der Waals surface area contributed by atoms with Gasteiger partial charge in [0, 0.05) is 24.2 Å². The Kier molecular flexibility index (Phi) is 6.14. The summed E-state index contributed by atoms with van der Waals surface area (Å²) in [6, 6.07) is 10.0. The Balaban J connectivity index is 1.63. The summed E-state index contributed by atoms with van der Waals surface area (Å²) in [6.07, 6.45) is 1.32. The summed E-state index contributed by atoms with van der Waals surface area (Å²) < 4.78 is 5.68. The van der Waals surface area contributed by atoms with Crippen LogP contribution in [0.3, 0.4) is 0 Å². The Morgan fingerprint density at radius 3 is 2.85 bits per heavy atom. The number of nitrogens with zero attached hydrogens (tertiary/aromatic N) is 1. The Morgan fingerprint density at radius 2 is 2.15 bits per heavy atom. The van der Waals surface area contributed by atoms with E-state index in [1.165, 1.54) is 0 Å². The summed E-state index contributed by atoms with van der Waals surface area (Å²) in [4.78, 5) is 5.17. The molecule has 0 fully saturated rings. The van der Waals surface area contributed by atoms with Crippen molar-refractivity contribution in [2.24, 2.45) is 0 Å². The van der Waals surface area contributed by atoms with Crippen LogP contribution in [0.25, 0.3) is 0 Å². The van der Waals surface area contributed by atoms with Crippen LogP contribution in [0.15, 0.2) is 42.0 Å². The van der Waals surface area contributed by atoms with E-state index in [9.17, 15) is 5.11 Å². The molecule has 4 nitrogen and oxygen atoms in total. The smallest absolute Gasteiger partial charge is 0.0898 e. The number of aliphatic hydroxyl groups excluding tert-OH is 1. The molecule has 1 aromatic carbocycles. The summed E-state index contributed by atoms with van der Waals surface area (Å²) in [5.41, 5.74) is 2.93. The standard InChI is InChI=1S/C15H20N2O2S/c1-12(13-5-3-2-4-6-13)19-10-14(18)7-16-8-15-9-17-11-20-15/h2-6,9,11-12,14,16,18H,7-8,10H2,1H3. The highest BCUT2D eigenvalue weighted by Crippen LogP contribution is 2.15. The fourth-order valence-corrected chi connectivity index (χ4v) is 2.39. The van der Waals surface area contributed by atoms with Crippen LogP contribution in [0.1, 0.15) is 23.5 Å². The van der Waals surface area contributed by atoms with Gasteiger partial charge in [-0.15, -0.1) is 11.3 Å². The summed E-state index contributed by atoms with van der Waals surface area (Å²) in [7, 11) is 0. The number of benzene rings is 1. The number of aliphatic hydroxyl groups is 1. The molecule has 0 amide bonds. The van der Waals surface area contributed by atoms with Crippen molar-refractivity contribution in [2.75, 3.05) is 13.2 Å². The summed E-state index contributed by atoms with van der Waals surface area (Å²) >= 11 is 1.60. The Hall–Kier alpha value is -1.27. The van der Waals surface area contributed by atoms with E-state index >= 15 is 0 Å². The molecule has 1 heterocycles. The van der Waals surface area contributed by atoms with Gasteiger partial charge in [-0.3, -0.25) is 4.98 Å². The van der Waals surface area contributed by atoms with Crippen molar-refractivity contribution in [1.29, 1.82) is 0 Å². The van der Waals surface area contributed by atoms with Crippen LogP contribution in [-0.4, -0.2) is 29.3 Å². The highest BCUT2D eigenvalue weighted by molar-refractivity contribution is 7.09. The maximum atomic E-state index is 9.87. The number of nitrogens with one attached hydrogen (secondary N) is 1. The lowest BCUT2D eigenvalue weighted by molar-refractivity contribution is -0.00210. The zero-order valence-electron chi connectivity index (χ0n) is 11.5. The van der Waals surface area contributed by atoms with E-state index in [1.54, 1.807) is 16.8 Å². The second-order valence-corrected chi connectivity index (χ2v) is 5.61. The number of hydrogen-bond donors (Lipinski definition) is 2. The summed E-state index contributed by atoms with van der Waals surface area (Å²) in [5, 5.41) is 13.1. The van der Waals surface area contributed by atoms with E-state index in [1.807, 2.05) is 43.5 Å². The van der Waals surface area contributed by atoms with Gasteiger partial charge in [0.25, 0.3) is 0 Å². The first-order chi connectivity index (χ1) is 9.75. The van der Waals surface area contributed by atoms with Crippen LogP contribution in [0.5, 0.6) is 0 Å². The van der Waals surface area contributed by atoms with Gasteiger partial charge < -0.3 is 15.2 Å². The molecule has 0 bridgehead atoms. The average molecular weight is 292 g/mol. The molecule has 2 atom stereocenters. The molecule has 20 heavy (non-hydrogen) atoms. The van der Waals surface area contributed by atoms with E-state index in [4.69, 9.17) is 4.74 Å². The van der Waals surface area contributed by atoms with Crippen molar-refractivity contribution in [2.45, 2.75) is 25.7 Å². The molecule has 0 aliphatic heterocycles. The molecular formula is C15H20N2O2S. The van der Waals surface area contributed by atoms with Gasteiger partial charge >= 0.3 is 0 Å². The molecule has 0 aliphatic rings. The van der Waals surface area contributed by atoms with Crippen molar-refractivity contribution in [3.05, 3.63) is 52.5 Å². The Labute approximate surface area is 123 Å². The van der Waals surface area contributed by atoms with E-state index in [-0.39, 0.29) is 6.10 Å². The SMILES string of the molecule is CC(OCC(O)CNCc1cncs1)c1ccccc1. The van der Waals surface area contributed by atoms with Crippen LogP contribution in [0.4, 0.5) is 0 Å². The molecule has 2 N–H and O–H groups in total. The van der Waals surface area contributed by atoms with Gasteiger partial charge in [-0.1, -0.05) is 30.3 Å². The molecule has 5 heteroatoms. The lowest BCUT2D eigenvalue weighted by Crippen LogP contribution is -2.30. The lowest BCUT2D eigenvalue weighted by atomic mass is 10.1. The van der Waals surface area contributed by atoms with Crippen molar-refractivity contribution in [3.63, 3.8) is 0 Å². The largest absolute Gasteiger partial charge is 0.389 e. The molecule has 2 unspecified atom stereocenters. The Bertz CT molecular complexity index is 476. The third kappa shape index (κ3) is 5.02. The molecule has 0 aliphatic carbocycles. The van der Waals surface area contributed by atoms with Crippen LogP contribution in [0.2, 0.25) is 0 Å². The minimum atomic E-state index is -0.505. The first-order valence-corrected chi connectivity index (χ1v) is 7.56. The van der Waals surface area contributed by atoms with Crippen molar-refractivity contribution in [1.82, 2.24) is 10.3 Å². The zero-order chi connectivity index (χ0) is 14.2. The van der Waals surface area contributed by atoms with Crippen LogP contribution in [-0.2, 0) is 11.3 Å². The van der Waals surface area contributed by atoms with E-state index in [0.29, 0.717) is 13.2 Å². The number of hydrogen-bond acceptors (Lipinski definition) is 5. The molecule has 108 valence electrons. The minimum Gasteiger partial charge on any atom is -0.389 e. The molecule has 0 spiro atoms. The number of ether oxygens (including phenoxy) is 1. The van der Waals surface area contributed by atoms with Crippen LogP contribution < -0.4 is 5.32 Å². The molecule has 2 rings (SSSR count). The quantitative estimate of drug-likeness (QED) is 0.784. The van der Waals surface area contributed by atoms with Crippen molar-refractivity contribution in [3.8, 4) is 0 Å². The highest BCUT2D eigenvalue weighted by atomic mass is 32.1. The van der Waals surface area contributed by atoms with E-state index in [2.05, 4.69) is 10.3 Å².